The Bertz CT molecular complexity index is 388. The molecular weight excluding hydrogens is 337 g/mol. The Balaban J connectivity index is 1.77. The van der Waals surface area contributed by atoms with Crippen LogP contribution in [0.15, 0.2) is 18.2 Å². The first kappa shape index (κ1) is 14.1. The largest absolute Gasteiger partial charge is 0.391 e. The number of hydrogen-bond acceptors (Lipinski definition) is 2. The molecule has 1 aliphatic rings. The third kappa shape index (κ3) is 4.12. The lowest BCUT2D eigenvalue weighted by Crippen LogP contribution is -2.22. The van der Waals surface area contributed by atoms with Crippen molar-refractivity contribution in [2.45, 2.75) is 45.1 Å². The van der Waals surface area contributed by atoms with Gasteiger partial charge in [0.2, 0.25) is 0 Å². The van der Waals surface area contributed by atoms with Gasteiger partial charge in [-0.2, -0.15) is 0 Å². The summed E-state index contributed by atoms with van der Waals surface area (Å²) in [7, 11) is 0. The quantitative estimate of drug-likeness (QED) is 0.781. The van der Waals surface area contributed by atoms with Gasteiger partial charge < -0.3 is 10.4 Å². The highest BCUT2D eigenvalue weighted by Gasteiger charge is 2.18. The van der Waals surface area contributed by atoms with Crippen molar-refractivity contribution in [1.82, 2.24) is 0 Å². The van der Waals surface area contributed by atoms with Crippen LogP contribution in [-0.2, 0) is 0 Å². The van der Waals surface area contributed by atoms with Crippen LogP contribution in [-0.4, -0.2) is 17.8 Å². The number of anilines is 1. The molecule has 2 rings (SSSR count). The molecule has 1 aromatic carbocycles. The van der Waals surface area contributed by atoms with Crippen molar-refractivity contribution in [2.75, 3.05) is 11.9 Å². The topological polar surface area (TPSA) is 32.3 Å². The summed E-state index contributed by atoms with van der Waals surface area (Å²) in [5.74, 6) is 0.750. The second-order valence-electron chi connectivity index (χ2n) is 5.38. The van der Waals surface area contributed by atoms with Crippen molar-refractivity contribution < 1.29 is 5.11 Å². The molecule has 3 heteroatoms. The lowest BCUT2D eigenvalue weighted by Gasteiger charge is -2.17. The third-order valence-electron chi connectivity index (χ3n) is 3.79. The van der Waals surface area contributed by atoms with E-state index in [4.69, 9.17) is 0 Å². The summed E-state index contributed by atoms with van der Waals surface area (Å²) in [5.41, 5.74) is 2.41. The average molecular weight is 359 g/mol. The molecule has 0 aromatic heterocycles. The molecule has 1 saturated carbocycles. The summed E-state index contributed by atoms with van der Waals surface area (Å²) < 4.78 is 1.27. The molecule has 1 fully saturated rings. The average Bonchev–Trinajstić information content (AvgIpc) is 2.83. The molecule has 18 heavy (non-hydrogen) atoms. The second-order valence-corrected chi connectivity index (χ2v) is 6.55. The third-order valence-corrected chi connectivity index (χ3v) is 4.96. The van der Waals surface area contributed by atoms with Gasteiger partial charge in [0.1, 0.15) is 0 Å². The standard InChI is InChI=1S/C15H22INO/c1-11-6-7-13(9-15(11)16)17-10-14(18)8-12-4-2-3-5-12/h6-7,9,12,14,17-18H,2-5,8,10H2,1H3. The molecule has 1 unspecified atom stereocenters. The molecule has 1 aliphatic carbocycles. The Hall–Kier alpha value is -0.290. The van der Waals surface area contributed by atoms with Crippen LogP contribution in [0.3, 0.4) is 0 Å². The summed E-state index contributed by atoms with van der Waals surface area (Å²) >= 11 is 2.34. The van der Waals surface area contributed by atoms with E-state index in [1.807, 2.05) is 0 Å². The Morgan fingerprint density at radius 3 is 2.78 bits per heavy atom. The van der Waals surface area contributed by atoms with Crippen molar-refractivity contribution >= 4 is 28.3 Å². The first-order chi connectivity index (χ1) is 8.65. The number of aliphatic hydroxyl groups excluding tert-OH is 1. The van der Waals surface area contributed by atoms with E-state index in [1.165, 1.54) is 34.8 Å². The number of aryl methyl sites for hydroxylation is 1. The van der Waals surface area contributed by atoms with Gasteiger partial charge in [0, 0.05) is 15.8 Å². The van der Waals surface area contributed by atoms with Crippen LogP contribution in [0.1, 0.15) is 37.7 Å². The zero-order valence-corrected chi connectivity index (χ0v) is 13.1. The highest BCUT2D eigenvalue weighted by molar-refractivity contribution is 14.1. The maximum Gasteiger partial charge on any atom is 0.0715 e. The number of nitrogens with one attached hydrogen (secondary N) is 1. The van der Waals surface area contributed by atoms with Crippen molar-refractivity contribution in [3.8, 4) is 0 Å². The monoisotopic (exact) mass is 359 g/mol. The Morgan fingerprint density at radius 1 is 1.39 bits per heavy atom. The van der Waals surface area contributed by atoms with Gasteiger partial charge in [0.25, 0.3) is 0 Å². The minimum absolute atomic E-state index is 0.216. The molecule has 2 nitrogen and oxygen atoms in total. The minimum Gasteiger partial charge on any atom is -0.391 e. The van der Waals surface area contributed by atoms with E-state index >= 15 is 0 Å². The van der Waals surface area contributed by atoms with E-state index in [0.717, 1.165) is 18.0 Å². The van der Waals surface area contributed by atoms with Crippen molar-refractivity contribution in [3.63, 3.8) is 0 Å². The van der Waals surface area contributed by atoms with Crippen LogP contribution in [0.25, 0.3) is 0 Å². The predicted octanol–water partition coefficient (Wildman–Crippen LogP) is 3.95. The van der Waals surface area contributed by atoms with Gasteiger partial charge in [-0.15, -0.1) is 0 Å². The summed E-state index contributed by atoms with van der Waals surface area (Å²) in [6.45, 7) is 2.77. The van der Waals surface area contributed by atoms with E-state index in [2.05, 4.69) is 53.0 Å². The summed E-state index contributed by atoms with van der Waals surface area (Å²) in [6.07, 6.45) is 6.05. The number of hydrogen-bond donors (Lipinski definition) is 2. The zero-order valence-electron chi connectivity index (χ0n) is 11.0. The Kier molecular flexibility index (Phi) is 5.30. The molecule has 0 bridgehead atoms. The van der Waals surface area contributed by atoms with Gasteiger partial charge in [0.05, 0.1) is 6.10 Å². The maximum atomic E-state index is 10.0. The number of aliphatic hydroxyl groups is 1. The van der Waals surface area contributed by atoms with Crippen LogP contribution in [0.4, 0.5) is 5.69 Å². The van der Waals surface area contributed by atoms with E-state index < -0.39 is 0 Å². The molecule has 0 aliphatic heterocycles. The lowest BCUT2D eigenvalue weighted by molar-refractivity contribution is 0.155. The predicted molar refractivity (Wildman–Crippen MR) is 85.0 cm³/mol. The highest BCUT2D eigenvalue weighted by Crippen LogP contribution is 2.28. The van der Waals surface area contributed by atoms with Gasteiger partial charge in [-0.1, -0.05) is 31.7 Å². The number of halogens is 1. The van der Waals surface area contributed by atoms with Crippen molar-refractivity contribution in [1.29, 1.82) is 0 Å². The van der Waals surface area contributed by atoms with Gasteiger partial charge >= 0.3 is 0 Å². The first-order valence-corrected chi connectivity index (χ1v) is 7.91. The molecular formula is C15H22INO. The summed E-state index contributed by atoms with van der Waals surface area (Å²) in [4.78, 5) is 0. The molecule has 0 saturated heterocycles. The van der Waals surface area contributed by atoms with E-state index in [0.29, 0.717) is 6.54 Å². The van der Waals surface area contributed by atoms with Crippen molar-refractivity contribution in [3.05, 3.63) is 27.3 Å². The van der Waals surface area contributed by atoms with Gasteiger partial charge in [0.15, 0.2) is 0 Å². The summed E-state index contributed by atoms with van der Waals surface area (Å²) in [5, 5.41) is 13.4. The van der Waals surface area contributed by atoms with Gasteiger partial charge in [-0.05, 0) is 59.5 Å². The Morgan fingerprint density at radius 2 is 2.11 bits per heavy atom. The second kappa shape index (κ2) is 6.75. The number of benzene rings is 1. The SMILES string of the molecule is Cc1ccc(NCC(O)CC2CCCC2)cc1I. The maximum absolute atomic E-state index is 10.0. The fourth-order valence-electron chi connectivity index (χ4n) is 2.65. The molecule has 0 spiro atoms. The van der Waals surface area contributed by atoms with E-state index in [-0.39, 0.29) is 6.10 Å². The van der Waals surface area contributed by atoms with Crippen molar-refractivity contribution in [2.24, 2.45) is 5.92 Å². The molecule has 1 atom stereocenters. The smallest absolute Gasteiger partial charge is 0.0715 e. The van der Waals surface area contributed by atoms with Crippen LogP contribution in [0.2, 0.25) is 0 Å². The van der Waals surface area contributed by atoms with E-state index in [9.17, 15) is 5.11 Å². The summed E-state index contributed by atoms with van der Waals surface area (Å²) in [6, 6.07) is 6.34. The zero-order chi connectivity index (χ0) is 13.0. The minimum atomic E-state index is -0.216. The van der Waals surface area contributed by atoms with Crippen LogP contribution >= 0.6 is 22.6 Å². The van der Waals surface area contributed by atoms with Gasteiger partial charge in [-0.25, -0.2) is 0 Å². The molecule has 0 amide bonds. The van der Waals surface area contributed by atoms with Gasteiger partial charge in [-0.3, -0.25) is 0 Å². The molecule has 2 N–H and O–H groups in total. The lowest BCUT2D eigenvalue weighted by atomic mass is 10.00. The molecule has 1 aromatic rings. The van der Waals surface area contributed by atoms with Crippen LogP contribution < -0.4 is 5.32 Å². The Labute approximate surface area is 123 Å². The normalized spacial score (nSPS) is 17.9. The highest BCUT2D eigenvalue weighted by atomic mass is 127. The van der Waals surface area contributed by atoms with Crippen LogP contribution in [0.5, 0.6) is 0 Å². The molecule has 0 radical (unpaired) electrons. The molecule has 0 heterocycles. The molecule has 100 valence electrons. The van der Waals surface area contributed by atoms with Crippen LogP contribution in [0, 0.1) is 16.4 Å². The number of rotatable bonds is 5. The fraction of sp³-hybridized carbons (Fsp3) is 0.600. The van der Waals surface area contributed by atoms with E-state index in [1.54, 1.807) is 0 Å². The fourth-order valence-corrected chi connectivity index (χ4v) is 3.17. The first-order valence-electron chi connectivity index (χ1n) is 6.83.